The summed E-state index contributed by atoms with van der Waals surface area (Å²) in [5, 5.41) is 0. The lowest BCUT2D eigenvalue weighted by Crippen LogP contribution is -2.27. The van der Waals surface area contributed by atoms with Gasteiger partial charge in [0.05, 0.1) is 11.6 Å². The molecule has 2 aromatic carbocycles. The van der Waals surface area contributed by atoms with Crippen molar-refractivity contribution in [2.24, 2.45) is 0 Å². The van der Waals surface area contributed by atoms with Crippen molar-refractivity contribution in [3.05, 3.63) is 70.5 Å². The monoisotopic (exact) mass is 323 g/mol. The molecule has 0 radical (unpaired) electrons. The molecule has 120 valence electrons. The maximum absolute atomic E-state index is 13.1. The Hall–Kier alpha value is -2.37. The van der Waals surface area contributed by atoms with Gasteiger partial charge in [-0.2, -0.15) is 13.2 Å². The average molecular weight is 323 g/mol. The fraction of sp³-hybridized carbons (Fsp3) is 0.235. The van der Waals surface area contributed by atoms with Gasteiger partial charge in [0.1, 0.15) is 5.82 Å². The maximum atomic E-state index is 13.1. The van der Waals surface area contributed by atoms with Crippen LogP contribution in [0.1, 0.15) is 35.2 Å². The molecule has 3 rings (SSSR count). The standard InChI is InChI=1S/C17H13F4NO/c1-10(23)22-9-12-2-5-13(17(19,20)21)8-15(12)16(22)11-3-6-14(18)7-4-11/h2-8,16H,9H2,1H3. The molecule has 1 aliphatic rings. The Bertz CT molecular complexity index is 752. The molecule has 0 N–H and O–H groups in total. The highest BCUT2D eigenvalue weighted by Gasteiger charge is 2.37. The quantitative estimate of drug-likeness (QED) is 0.717. The highest BCUT2D eigenvalue weighted by atomic mass is 19.4. The van der Waals surface area contributed by atoms with Crippen molar-refractivity contribution in [2.45, 2.75) is 25.7 Å². The minimum atomic E-state index is -4.45. The van der Waals surface area contributed by atoms with Crippen molar-refractivity contribution in [2.75, 3.05) is 0 Å². The van der Waals surface area contributed by atoms with Gasteiger partial charge in [-0.05, 0) is 41.0 Å². The fourth-order valence-electron chi connectivity index (χ4n) is 2.91. The number of carbonyl (C=O) groups excluding carboxylic acids is 1. The van der Waals surface area contributed by atoms with Crippen LogP contribution >= 0.6 is 0 Å². The largest absolute Gasteiger partial charge is 0.416 e. The Morgan fingerprint density at radius 3 is 2.35 bits per heavy atom. The van der Waals surface area contributed by atoms with E-state index in [2.05, 4.69) is 0 Å². The Labute approximate surface area is 130 Å². The van der Waals surface area contributed by atoms with E-state index in [1.807, 2.05) is 0 Å². The van der Waals surface area contributed by atoms with Crippen LogP contribution in [0.2, 0.25) is 0 Å². The lowest BCUT2D eigenvalue weighted by atomic mass is 9.96. The summed E-state index contributed by atoms with van der Waals surface area (Å²) in [6.45, 7) is 1.61. The number of hydrogen-bond donors (Lipinski definition) is 0. The number of halogens is 4. The topological polar surface area (TPSA) is 20.3 Å². The average Bonchev–Trinajstić information content (AvgIpc) is 2.86. The highest BCUT2D eigenvalue weighted by molar-refractivity contribution is 5.76. The van der Waals surface area contributed by atoms with Gasteiger partial charge in [-0.15, -0.1) is 0 Å². The molecule has 23 heavy (non-hydrogen) atoms. The number of alkyl halides is 3. The Morgan fingerprint density at radius 2 is 1.78 bits per heavy atom. The SMILES string of the molecule is CC(=O)N1Cc2ccc(C(F)(F)F)cc2C1c1ccc(F)cc1. The third-order valence-corrected chi connectivity index (χ3v) is 4.01. The number of hydrogen-bond acceptors (Lipinski definition) is 1. The second-order valence-electron chi connectivity index (χ2n) is 5.51. The van der Waals surface area contributed by atoms with Gasteiger partial charge in [-0.3, -0.25) is 4.79 Å². The summed E-state index contributed by atoms with van der Waals surface area (Å²) in [4.78, 5) is 13.4. The van der Waals surface area contributed by atoms with E-state index in [9.17, 15) is 22.4 Å². The van der Waals surface area contributed by atoms with Crippen LogP contribution in [0, 0.1) is 5.82 Å². The summed E-state index contributed by atoms with van der Waals surface area (Å²) >= 11 is 0. The van der Waals surface area contributed by atoms with Crippen LogP contribution in [-0.2, 0) is 17.5 Å². The van der Waals surface area contributed by atoms with Gasteiger partial charge >= 0.3 is 6.18 Å². The minimum absolute atomic E-state index is 0.241. The molecule has 0 saturated heterocycles. The first-order chi connectivity index (χ1) is 10.8. The highest BCUT2D eigenvalue weighted by Crippen LogP contribution is 2.41. The number of rotatable bonds is 1. The molecule has 2 aromatic rings. The molecule has 1 atom stereocenters. The summed E-state index contributed by atoms with van der Waals surface area (Å²) in [6, 6.07) is 8.31. The summed E-state index contributed by atoms with van der Waals surface area (Å²) in [5.41, 5.74) is 0.928. The summed E-state index contributed by atoms with van der Waals surface area (Å²) < 4.78 is 52.0. The number of amides is 1. The van der Waals surface area contributed by atoms with E-state index in [4.69, 9.17) is 0 Å². The molecular formula is C17H13F4NO. The third-order valence-electron chi connectivity index (χ3n) is 4.01. The Kier molecular flexibility index (Phi) is 3.62. The van der Waals surface area contributed by atoms with Gasteiger partial charge < -0.3 is 4.90 Å². The van der Waals surface area contributed by atoms with Crippen LogP contribution in [-0.4, -0.2) is 10.8 Å². The van der Waals surface area contributed by atoms with E-state index in [0.29, 0.717) is 16.7 Å². The van der Waals surface area contributed by atoms with Crippen LogP contribution in [0.25, 0.3) is 0 Å². The zero-order chi connectivity index (χ0) is 16.8. The minimum Gasteiger partial charge on any atom is -0.327 e. The predicted octanol–water partition coefficient (Wildman–Crippen LogP) is 4.30. The molecule has 6 heteroatoms. The van der Waals surface area contributed by atoms with Crippen molar-refractivity contribution in [3.63, 3.8) is 0 Å². The van der Waals surface area contributed by atoms with E-state index in [0.717, 1.165) is 12.1 Å². The molecule has 1 aliphatic heterocycles. The Morgan fingerprint density at radius 1 is 1.13 bits per heavy atom. The number of benzene rings is 2. The normalized spacial score (nSPS) is 17.3. The second kappa shape index (κ2) is 5.37. The zero-order valence-corrected chi connectivity index (χ0v) is 12.2. The lowest BCUT2D eigenvalue weighted by molar-refractivity contribution is -0.137. The third kappa shape index (κ3) is 2.81. The molecule has 0 saturated carbocycles. The molecule has 0 bridgehead atoms. The van der Waals surface area contributed by atoms with Crippen LogP contribution in [0.15, 0.2) is 42.5 Å². The lowest BCUT2D eigenvalue weighted by Gasteiger charge is -2.24. The summed E-state index contributed by atoms with van der Waals surface area (Å²) in [5.74, 6) is -0.686. The van der Waals surface area contributed by atoms with Crippen LogP contribution in [0.4, 0.5) is 17.6 Å². The molecule has 0 aliphatic carbocycles. The van der Waals surface area contributed by atoms with E-state index in [-0.39, 0.29) is 12.5 Å². The first-order valence-electron chi connectivity index (χ1n) is 7.00. The van der Waals surface area contributed by atoms with Gasteiger partial charge in [0.25, 0.3) is 0 Å². The number of carbonyl (C=O) groups is 1. The van der Waals surface area contributed by atoms with E-state index in [1.54, 1.807) is 0 Å². The van der Waals surface area contributed by atoms with E-state index in [1.165, 1.54) is 42.2 Å². The van der Waals surface area contributed by atoms with Gasteiger partial charge in [-0.1, -0.05) is 18.2 Å². The number of nitrogens with zero attached hydrogens (tertiary/aromatic N) is 1. The van der Waals surface area contributed by atoms with Crippen molar-refractivity contribution < 1.29 is 22.4 Å². The molecule has 1 unspecified atom stereocenters. The Balaban J connectivity index is 2.13. The van der Waals surface area contributed by atoms with Gasteiger partial charge in [0, 0.05) is 13.5 Å². The van der Waals surface area contributed by atoms with Crippen LogP contribution in [0.3, 0.4) is 0 Å². The first kappa shape index (κ1) is 15.5. The fourth-order valence-corrected chi connectivity index (χ4v) is 2.91. The molecule has 0 fully saturated rings. The van der Waals surface area contributed by atoms with Crippen LogP contribution in [0.5, 0.6) is 0 Å². The van der Waals surface area contributed by atoms with Crippen molar-refractivity contribution in [1.29, 1.82) is 0 Å². The van der Waals surface area contributed by atoms with Crippen LogP contribution < -0.4 is 0 Å². The van der Waals surface area contributed by atoms with Crippen molar-refractivity contribution >= 4 is 5.91 Å². The molecule has 0 spiro atoms. The molecule has 2 nitrogen and oxygen atoms in total. The summed E-state index contributed by atoms with van der Waals surface area (Å²) in [7, 11) is 0. The zero-order valence-electron chi connectivity index (χ0n) is 12.2. The molecule has 0 aromatic heterocycles. The predicted molar refractivity (Wildman–Crippen MR) is 75.9 cm³/mol. The van der Waals surface area contributed by atoms with E-state index >= 15 is 0 Å². The van der Waals surface area contributed by atoms with Crippen molar-refractivity contribution in [3.8, 4) is 0 Å². The number of fused-ring (bicyclic) bond motifs is 1. The first-order valence-corrected chi connectivity index (χ1v) is 7.00. The molecule has 1 amide bonds. The molecular weight excluding hydrogens is 310 g/mol. The second-order valence-corrected chi connectivity index (χ2v) is 5.51. The van der Waals surface area contributed by atoms with E-state index < -0.39 is 23.6 Å². The van der Waals surface area contributed by atoms with Gasteiger partial charge in [0.2, 0.25) is 5.91 Å². The smallest absolute Gasteiger partial charge is 0.327 e. The van der Waals surface area contributed by atoms with Crippen molar-refractivity contribution in [1.82, 2.24) is 4.90 Å². The summed E-state index contributed by atoms with van der Waals surface area (Å²) in [6.07, 6.45) is -4.45. The maximum Gasteiger partial charge on any atom is 0.416 e. The van der Waals surface area contributed by atoms with Gasteiger partial charge in [0.15, 0.2) is 0 Å². The van der Waals surface area contributed by atoms with Gasteiger partial charge in [-0.25, -0.2) is 4.39 Å². The molecule has 1 heterocycles.